The molecule has 0 aliphatic carbocycles. The van der Waals surface area contributed by atoms with Gasteiger partial charge in [0.05, 0.1) is 32.5 Å². The van der Waals surface area contributed by atoms with E-state index in [2.05, 4.69) is 5.32 Å². The number of rotatable bonds is 5. The highest BCUT2D eigenvalue weighted by molar-refractivity contribution is 7.18. The molecule has 0 radical (unpaired) electrons. The zero-order valence-corrected chi connectivity index (χ0v) is 15.0. The Balaban J connectivity index is 2.46. The molecule has 2 aromatic rings. The number of anilines is 1. The number of hydrogen-bond acceptors (Lipinski definition) is 7. The Morgan fingerprint density at radius 1 is 1.00 bits per heavy atom. The monoisotopic (exact) mass is 363 g/mol. The lowest BCUT2D eigenvalue weighted by Gasteiger charge is -2.09. The molecule has 1 heterocycles. The van der Waals surface area contributed by atoms with Crippen LogP contribution in [0.15, 0.2) is 24.3 Å². The molecule has 7 nitrogen and oxygen atoms in total. The molecule has 1 aromatic heterocycles. The molecule has 2 rings (SSSR count). The second-order valence-electron chi connectivity index (χ2n) is 4.90. The van der Waals surface area contributed by atoms with Crippen molar-refractivity contribution in [2.45, 2.75) is 6.92 Å². The summed E-state index contributed by atoms with van der Waals surface area (Å²) in [7, 11) is 3.92. The van der Waals surface area contributed by atoms with E-state index in [0.717, 1.165) is 11.3 Å². The van der Waals surface area contributed by atoms with Crippen LogP contribution in [-0.4, -0.2) is 39.2 Å². The second-order valence-corrected chi connectivity index (χ2v) is 5.92. The number of carbonyl (C=O) groups excluding carboxylic acids is 3. The number of benzene rings is 1. The Morgan fingerprint density at radius 3 is 2.24 bits per heavy atom. The van der Waals surface area contributed by atoms with Crippen molar-refractivity contribution < 1.29 is 28.6 Å². The Hall–Kier alpha value is -2.87. The van der Waals surface area contributed by atoms with E-state index < -0.39 is 17.8 Å². The molecule has 1 aromatic carbocycles. The van der Waals surface area contributed by atoms with Crippen molar-refractivity contribution in [1.82, 2.24) is 0 Å². The zero-order chi connectivity index (χ0) is 18.6. The van der Waals surface area contributed by atoms with Crippen LogP contribution in [0.1, 0.15) is 36.0 Å². The van der Waals surface area contributed by atoms with Gasteiger partial charge in [-0.3, -0.25) is 4.79 Å². The van der Waals surface area contributed by atoms with E-state index in [1.807, 2.05) is 0 Å². The molecule has 0 atom stereocenters. The average molecular weight is 363 g/mol. The van der Waals surface area contributed by atoms with Crippen molar-refractivity contribution >= 4 is 34.2 Å². The molecule has 1 N–H and O–H groups in total. The molecule has 1 amide bonds. The molecule has 132 valence electrons. The number of carbonyl (C=O) groups is 3. The van der Waals surface area contributed by atoms with Crippen LogP contribution >= 0.6 is 11.3 Å². The number of para-hydroxylation sites is 1. The third-order valence-corrected chi connectivity index (χ3v) is 4.67. The number of ether oxygens (including phenoxy) is 3. The zero-order valence-electron chi connectivity index (χ0n) is 14.2. The first-order valence-electron chi connectivity index (χ1n) is 7.19. The van der Waals surface area contributed by atoms with Gasteiger partial charge >= 0.3 is 11.9 Å². The van der Waals surface area contributed by atoms with Crippen molar-refractivity contribution in [3.8, 4) is 5.75 Å². The van der Waals surface area contributed by atoms with Gasteiger partial charge in [0.1, 0.15) is 15.6 Å². The van der Waals surface area contributed by atoms with E-state index >= 15 is 0 Å². The summed E-state index contributed by atoms with van der Waals surface area (Å²) in [5, 5.41) is 2.86. The summed E-state index contributed by atoms with van der Waals surface area (Å²) in [6.45, 7) is 1.59. The smallest absolute Gasteiger partial charge is 0.348 e. The van der Waals surface area contributed by atoms with Crippen molar-refractivity contribution in [2.75, 3.05) is 26.6 Å². The lowest BCUT2D eigenvalue weighted by molar-refractivity contribution is 0.0601. The minimum absolute atomic E-state index is 0.121. The van der Waals surface area contributed by atoms with E-state index in [0.29, 0.717) is 16.9 Å². The quantitative estimate of drug-likeness (QED) is 0.822. The lowest BCUT2D eigenvalue weighted by atomic mass is 10.1. The first-order valence-corrected chi connectivity index (χ1v) is 8.00. The van der Waals surface area contributed by atoms with Crippen LogP contribution in [0.5, 0.6) is 5.75 Å². The summed E-state index contributed by atoms with van der Waals surface area (Å²) < 4.78 is 14.6. The minimum Gasteiger partial charge on any atom is -0.496 e. The number of methoxy groups -OCH3 is 3. The Morgan fingerprint density at radius 2 is 1.64 bits per heavy atom. The number of hydrogen-bond donors (Lipinski definition) is 1. The van der Waals surface area contributed by atoms with Crippen LogP contribution in [0.2, 0.25) is 0 Å². The highest BCUT2D eigenvalue weighted by Crippen LogP contribution is 2.34. The highest BCUT2D eigenvalue weighted by atomic mass is 32.1. The molecule has 0 saturated carbocycles. The van der Waals surface area contributed by atoms with Gasteiger partial charge in [0.2, 0.25) is 0 Å². The number of nitrogens with one attached hydrogen (secondary N) is 1. The van der Waals surface area contributed by atoms with E-state index in [1.165, 1.54) is 21.3 Å². The van der Waals surface area contributed by atoms with E-state index in [9.17, 15) is 14.4 Å². The summed E-state index contributed by atoms with van der Waals surface area (Å²) >= 11 is 0.951. The summed E-state index contributed by atoms with van der Waals surface area (Å²) in [5.41, 5.74) is 0.807. The maximum atomic E-state index is 12.6. The summed E-state index contributed by atoms with van der Waals surface area (Å²) in [6.07, 6.45) is 0. The topological polar surface area (TPSA) is 90.9 Å². The first kappa shape index (κ1) is 18.5. The summed E-state index contributed by atoms with van der Waals surface area (Å²) in [5.74, 6) is -1.33. The van der Waals surface area contributed by atoms with E-state index in [4.69, 9.17) is 14.2 Å². The van der Waals surface area contributed by atoms with Crippen molar-refractivity contribution in [3.63, 3.8) is 0 Å². The third-order valence-electron chi connectivity index (χ3n) is 3.49. The van der Waals surface area contributed by atoms with Gasteiger partial charge in [0.15, 0.2) is 0 Å². The molecular weight excluding hydrogens is 346 g/mol. The predicted octanol–water partition coefficient (Wildman–Crippen LogP) is 2.89. The van der Waals surface area contributed by atoms with Gasteiger partial charge in [0, 0.05) is 0 Å². The average Bonchev–Trinajstić information content (AvgIpc) is 2.96. The SMILES string of the molecule is COC(=O)c1sc(NC(=O)c2ccccc2OC)c(C(=O)OC)c1C. The normalized spacial score (nSPS) is 10.1. The fourth-order valence-electron chi connectivity index (χ4n) is 2.24. The molecule has 0 aliphatic rings. The maximum Gasteiger partial charge on any atom is 0.348 e. The number of thiophene rings is 1. The molecule has 0 unspecified atom stereocenters. The standard InChI is InChI=1S/C17H17NO6S/c1-9-12(16(20)23-3)15(25-13(9)17(21)24-4)18-14(19)10-7-5-6-8-11(10)22-2/h5-8H,1-4H3,(H,18,19). The minimum atomic E-state index is -0.653. The molecule has 0 spiro atoms. The third kappa shape index (κ3) is 3.63. The summed E-state index contributed by atoms with van der Waals surface area (Å²) in [4.78, 5) is 36.7. The Bertz CT molecular complexity index is 827. The molecule has 0 bridgehead atoms. The molecule has 0 fully saturated rings. The van der Waals surface area contributed by atoms with Crippen LogP contribution in [-0.2, 0) is 9.47 Å². The molecular formula is C17H17NO6S. The van der Waals surface area contributed by atoms with E-state index in [-0.39, 0.29) is 15.4 Å². The van der Waals surface area contributed by atoms with Crippen molar-refractivity contribution in [3.05, 3.63) is 45.8 Å². The van der Waals surface area contributed by atoms with Crippen LogP contribution < -0.4 is 10.1 Å². The summed E-state index contributed by atoms with van der Waals surface area (Å²) in [6, 6.07) is 6.67. The molecule has 0 saturated heterocycles. The fourth-order valence-corrected chi connectivity index (χ4v) is 3.35. The second kappa shape index (κ2) is 7.80. The Labute approximate surface area is 148 Å². The molecule has 25 heavy (non-hydrogen) atoms. The van der Waals surface area contributed by atoms with Gasteiger partial charge in [-0.2, -0.15) is 0 Å². The van der Waals surface area contributed by atoms with Gasteiger partial charge in [0.25, 0.3) is 5.91 Å². The molecule has 0 aliphatic heterocycles. The van der Waals surface area contributed by atoms with E-state index in [1.54, 1.807) is 31.2 Å². The van der Waals surface area contributed by atoms with Gasteiger partial charge in [-0.1, -0.05) is 12.1 Å². The van der Waals surface area contributed by atoms with Crippen LogP contribution in [0, 0.1) is 6.92 Å². The number of esters is 2. The van der Waals surface area contributed by atoms with Gasteiger partial charge in [-0.15, -0.1) is 11.3 Å². The lowest BCUT2D eigenvalue weighted by Crippen LogP contribution is -2.15. The van der Waals surface area contributed by atoms with Gasteiger partial charge in [-0.25, -0.2) is 9.59 Å². The predicted molar refractivity (Wildman–Crippen MR) is 92.7 cm³/mol. The maximum absolute atomic E-state index is 12.6. The largest absolute Gasteiger partial charge is 0.496 e. The fraction of sp³-hybridized carbons (Fsp3) is 0.235. The number of amides is 1. The van der Waals surface area contributed by atoms with Gasteiger partial charge < -0.3 is 19.5 Å². The van der Waals surface area contributed by atoms with Crippen molar-refractivity contribution in [2.24, 2.45) is 0 Å². The highest BCUT2D eigenvalue weighted by Gasteiger charge is 2.27. The van der Waals surface area contributed by atoms with Gasteiger partial charge in [-0.05, 0) is 24.6 Å². The molecule has 8 heteroatoms. The van der Waals surface area contributed by atoms with Crippen LogP contribution in [0.4, 0.5) is 5.00 Å². The first-order chi connectivity index (χ1) is 11.9. The van der Waals surface area contributed by atoms with Crippen LogP contribution in [0.3, 0.4) is 0 Å². The van der Waals surface area contributed by atoms with Crippen molar-refractivity contribution in [1.29, 1.82) is 0 Å². The van der Waals surface area contributed by atoms with Crippen LogP contribution in [0.25, 0.3) is 0 Å². The Kier molecular flexibility index (Phi) is 5.76.